The van der Waals surface area contributed by atoms with E-state index in [-0.39, 0.29) is 5.91 Å². The third-order valence-electron chi connectivity index (χ3n) is 3.58. The van der Waals surface area contributed by atoms with Gasteiger partial charge in [-0.05, 0) is 24.3 Å². The molecule has 0 bridgehead atoms. The number of carbonyl (C=O) groups excluding carboxylic acids is 1. The Balaban J connectivity index is 1.73. The summed E-state index contributed by atoms with van der Waals surface area (Å²) in [4.78, 5) is 26.9. The fraction of sp³-hybridized carbons (Fsp3) is 0.176. The van der Waals surface area contributed by atoms with Gasteiger partial charge >= 0.3 is 0 Å². The van der Waals surface area contributed by atoms with Crippen LogP contribution in [0.1, 0.15) is 16.2 Å². The van der Waals surface area contributed by atoms with Gasteiger partial charge in [-0.25, -0.2) is 4.98 Å². The molecular formula is C17H17N5OS. The van der Waals surface area contributed by atoms with Gasteiger partial charge in [0.1, 0.15) is 5.69 Å². The summed E-state index contributed by atoms with van der Waals surface area (Å²) in [7, 11) is 3.57. The van der Waals surface area contributed by atoms with E-state index < -0.39 is 0 Å². The SMILES string of the molecule is CN(C(=O)c1cnc(SCc2ccccn2)n1C)c1cccnc1. The largest absolute Gasteiger partial charge is 0.318 e. The van der Waals surface area contributed by atoms with Gasteiger partial charge in [0.15, 0.2) is 5.16 Å². The molecule has 0 radical (unpaired) electrons. The van der Waals surface area contributed by atoms with Gasteiger partial charge in [-0.1, -0.05) is 17.8 Å². The van der Waals surface area contributed by atoms with Crippen LogP contribution in [-0.4, -0.2) is 32.5 Å². The van der Waals surface area contributed by atoms with Crippen LogP contribution in [0.5, 0.6) is 0 Å². The van der Waals surface area contributed by atoms with E-state index in [9.17, 15) is 4.79 Å². The lowest BCUT2D eigenvalue weighted by Crippen LogP contribution is -2.28. The predicted octanol–water partition coefficient (Wildman–Crippen LogP) is 2.78. The molecule has 0 fully saturated rings. The topological polar surface area (TPSA) is 63.9 Å². The first kappa shape index (κ1) is 16.2. The maximum absolute atomic E-state index is 12.7. The summed E-state index contributed by atoms with van der Waals surface area (Å²) < 4.78 is 1.81. The molecule has 3 heterocycles. The van der Waals surface area contributed by atoms with E-state index in [1.807, 2.05) is 35.9 Å². The second kappa shape index (κ2) is 7.27. The number of thioether (sulfide) groups is 1. The number of anilines is 1. The molecule has 0 aliphatic rings. The van der Waals surface area contributed by atoms with Gasteiger partial charge in [0.2, 0.25) is 0 Å². The smallest absolute Gasteiger partial charge is 0.276 e. The Hall–Kier alpha value is -2.67. The van der Waals surface area contributed by atoms with Gasteiger partial charge in [0.25, 0.3) is 5.91 Å². The molecule has 0 saturated heterocycles. The number of nitrogens with zero attached hydrogens (tertiary/aromatic N) is 5. The Labute approximate surface area is 144 Å². The van der Waals surface area contributed by atoms with Crippen LogP contribution in [0.3, 0.4) is 0 Å². The summed E-state index contributed by atoms with van der Waals surface area (Å²) in [6.07, 6.45) is 6.71. The first-order valence-corrected chi connectivity index (χ1v) is 8.38. The number of pyridine rings is 2. The molecule has 0 N–H and O–H groups in total. The van der Waals surface area contributed by atoms with Crippen LogP contribution < -0.4 is 4.90 Å². The highest BCUT2D eigenvalue weighted by Crippen LogP contribution is 2.22. The van der Waals surface area contributed by atoms with Crippen molar-refractivity contribution in [3.8, 4) is 0 Å². The van der Waals surface area contributed by atoms with Crippen LogP contribution in [0.25, 0.3) is 0 Å². The molecule has 0 atom stereocenters. The summed E-state index contributed by atoms with van der Waals surface area (Å²) in [5, 5.41) is 0.781. The van der Waals surface area contributed by atoms with Gasteiger partial charge < -0.3 is 9.47 Å². The second-order valence-electron chi connectivity index (χ2n) is 5.17. The zero-order chi connectivity index (χ0) is 16.9. The van der Waals surface area contributed by atoms with Gasteiger partial charge in [-0.3, -0.25) is 14.8 Å². The van der Waals surface area contributed by atoms with E-state index in [0.717, 1.165) is 16.5 Å². The lowest BCUT2D eigenvalue weighted by atomic mass is 10.3. The maximum atomic E-state index is 12.7. The van der Waals surface area contributed by atoms with Crippen LogP contribution in [0.15, 0.2) is 60.3 Å². The molecule has 0 spiro atoms. The minimum absolute atomic E-state index is 0.123. The molecule has 0 saturated carbocycles. The average Bonchev–Trinajstić information content (AvgIpc) is 3.01. The van der Waals surface area contributed by atoms with E-state index in [2.05, 4.69) is 15.0 Å². The van der Waals surface area contributed by atoms with Crippen LogP contribution in [-0.2, 0) is 12.8 Å². The lowest BCUT2D eigenvalue weighted by Gasteiger charge is -2.16. The number of carbonyl (C=O) groups is 1. The molecular weight excluding hydrogens is 322 g/mol. The second-order valence-corrected chi connectivity index (χ2v) is 6.11. The van der Waals surface area contributed by atoms with E-state index in [1.54, 1.807) is 54.6 Å². The van der Waals surface area contributed by atoms with Crippen molar-refractivity contribution in [3.05, 3.63) is 66.5 Å². The zero-order valence-corrected chi connectivity index (χ0v) is 14.3. The van der Waals surface area contributed by atoms with Crippen LogP contribution in [0, 0.1) is 0 Å². The average molecular weight is 339 g/mol. The normalized spacial score (nSPS) is 10.6. The van der Waals surface area contributed by atoms with Gasteiger partial charge in [0, 0.05) is 32.2 Å². The fourth-order valence-corrected chi connectivity index (χ4v) is 3.06. The molecule has 3 aromatic heterocycles. The number of aromatic nitrogens is 4. The highest BCUT2D eigenvalue weighted by molar-refractivity contribution is 7.98. The van der Waals surface area contributed by atoms with Gasteiger partial charge in [0.05, 0.1) is 23.8 Å². The van der Waals surface area contributed by atoms with Gasteiger partial charge in [-0.15, -0.1) is 0 Å². The minimum atomic E-state index is -0.123. The number of rotatable bonds is 5. The third kappa shape index (κ3) is 3.46. The summed E-state index contributed by atoms with van der Waals surface area (Å²) in [5.74, 6) is 0.584. The van der Waals surface area contributed by atoms with E-state index in [1.165, 1.54) is 0 Å². The molecule has 6 nitrogen and oxygen atoms in total. The maximum Gasteiger partial charge on any atom is 0.276 e. The van der Waals surface area contributed by atoms with E-state index >= 15 is 0 Å². The molecule has 0 aliphatic carbocycles. The van der Waals surface area contributed by atoms with Crippen molar-refractivity contribution in [2.75, 3.05) is 11.9 Å². The van der Waals surface area contributed by atoms with Crippen molar-refractivity contribution in [1.82, 2.24) is 19.5 Å². The van der Waals surface area contributed by atoms with Crippen molar-refractivity contribution >= 4 is 23.4 Å². The Morgan fingerprint density at radius 2 is 2.04 bits per heavy atom. The molecule has 0 aliphatic heterocycles. The Morgan fingerprint density at radius 3 is 2.75 bits per heavy atom. The molecule has 3 aromatic rings. The Bertz CT molecular complexity index is 820. The van der Waals surface area contributed by atoms with E-state index in [0.29, 0.717) is 11.4 Å². The van der Waals surface area contributed by atoms with Crippen molar-refractivity contribution in [2.45, 2.75) is 10.9 Å². The first-order chi connectivity index (χ1) is 11.7. The molecule has 1 amide bonds. The van der Waals surface area contributed by atoms with E-state index in [4.69, 9.17) is 0 Å². The molecule has 122 valence electrons. The van der Waals surface area contributed by atoms with Crippen molar-refractivity contribution < 1.29 is 4.79 Å². The van der Waals surface area contributed by atoms with Crippen molar-refractivity contribution in [1.29, 1.82) is 0 Å². The minimum Gasteiger partial charge on any atom is -0.318 e. The summed E-state index contributed by atoms with van der Waals surface area (Å²) >= 11 is 1.55. The van der Waals surface area contributed by atoms with Crippen LogP contribution in [0.4, 0.5) is 5.69 Å². The summed E-state index contributed by atoms with van der Waals surface area (Å²) in [5.41, 5.74) is 2.25. The number of amides is 1. The zero-order valence-electron chi connectivity index (χ0n) is 13.5. The van der Waals surface area contributed by atoms with Crippen molar-refractivity contribution in [2.24, 2.45) is 7.05 Å². The Kier molecular flexibility index (Phi) is 4.90. The Morgan fingerprint density at radius 1 is 1.17 bits per heavy atom. The van der Waals surface area contributed by atoms with Crippen molar-refractivity contribution in [3.63, 3.8) is 0 Å². The molecule has 0 unspecified atom stereocenters. The molecule has 0 aromatic carbocycles. The standard InChI is InChI=1S/C17H17N5OS/c1-21(14-7-5-8-18-10-14)16(23)15-11-20-17(22(15)2)24-12-13-6-3-4-9-19-13/h3-11H,12H2,1-2H3. The summed E-state index contributed by atoms with van der Waals surface area (Å²) in [6.45, 7) is 0. The quantitative estimate of drug-likeness (QED) is 0.669. The fourth-order valence-electron chi connectivity index (χ4n) is 2.19. The predicted molar refractivity (Wildman–Crippen MR) is 94.0 cm³/mol. The molecule has 24 heavy (non-hydrogen) atoms. The van der Waals surface area contributed by atoms with Gasteiger partial charge in [-0.2, -0.15) is 0 Å². The number of hydrogen-bond donors (Lipinski definition) is 0. The summed E-state index contributed by atoms with van der Waals surface area (Å²) in [6, 6.07) is 9.46. The number of hydrogen-bond acceptors (Lipinski definition) is 5. The monoisotopic (exact) mass is 339 g/mol. The molecule has 7 heteroatoms. The highest BCUT2D eigenvalue weighted by atomic mass is 32.2. The third-order valence-corrected chi connectivity index (χ3v) is 4.66. The lowest BCUT2D eigenvalue weighted by molar-refractivity contribution is 0.0984. The highest BCUT2D eigenvalue weighted by Gasteiger charge is 2.19. The first-order valence-electron chi connectivity index (χ1n) is 7.39. The van der Waals surface area contributed by atoms with Crippen LogP contribution in [0.2, 0.25) is 0 Å². The number of imidazole rings is 1. The van der Waals surface area contributed by atoms with Crippen LogP contribution >= 0.6 is 11.8 Å². The molecule has 3 rings (SSSR count).